The first kappa shape index (κ1) is 16.8. The fraction of sp³-hybridized carbons (Fsp3) is 0.263. The molecule has 1 aromatic carbocycles. The molecule has 0 spiro atoms. The molecule has 2 heterocycles. The number of hydrogen-bond acceptors (Lipinski definition) is 5. The molecular formula is C19H20N2O4. The van der Waals surface area contributed by atoms with Crippen LogP contribution in [0.5, 0.6) is 0 Å². The van der Waals surface area contributed by atoms with Crippen LogP contribution < -0.4 is 4.90 Å². The third-order valence-corrected chi connectivity index (χ3v) is 4.31. The quantitative estimate of drug-likeness (QED) is 0.906. The van der Waals surface area contributed by atoms with Gasteiger partial charge in [0.2, 0.25) is 0 Å². The predicted molar refractivity (Wildman–Crippen MR) is 93.1 cm³/mol. The van der Waals surface area contributed by atoms with Crippen molar-refractivity contribution < 1.29 is 19.1 Å². The van der Waals surface area contributed by atoms with Crippen molar-refractivity contribution in [2.45, 2.75) is 19.5 Å². The Morgan fingerprint density at radius 1 is 1.24 bits per heavy atom. The number of benzene rings is 1. The molecule has 0 radical (unpaired) electrons. The van der Waals surface area contributed by atoms with Crippen LogP contribution in [0.25, 0.3) is 0 Å². The van der Waals surface area contributed by atoms with Crippen LogP contribution in [0.2, 0.25) is 0 Å². The molecule has 0 fully saturated rings. The molecule has 1 N–H and O–H groups in total. The van der Waals surface area contributed by atoms with Crippen molar-refractivity contribution in [2.75, 3.05) is 19.0 Å². The largest absolute Gasteiger partial charge is 0.503 e. The maximum atomic E-state index is 12.5. The summed E-state index contributed by atoms with van der Waals surface area (Å²) in [6.45, 7) is 1.53. The molecule has 1 amide bonds. The number of anilines is 1. The maximum absolute atomic E-state index is 12.5. The second kappa shape index (κ2) is 6.47. The van der Waals surface area contributed by atoms with Crippen molar-refractivity contribution in [3.63, 3.8) is 0 Å². The van der Waals surface area contributed by atoms with Gasteiger partial charge >= 0.3 is 0 Å². The molecule has 6 nitrogen and oxygen atoms in total. The Morgan fingerprint density at radius 2 is 1.92 bits per heavy atom. The van der Waals surface area contributed by atoms with E-state index in [0.717, 1.165) is 11.3 Å². The number of aliphatic hydroxyl groups is 1. The van der Waals surface area contributed by atoms with E-state index in [0.29, 0.717) is 5.76 Å². The number of ketones is 1. The van der Waals surface area contributed by atoms with Gasteiger partial charge in [0.25, 0.3) is 5.91 Å². The first-order valence-corrected chi connectivity index (χ1v) is 7.95. The molecule has 0 aliphatic carbocycles. The summed E-state index contributed by atoms with van der Waals surface area (Å²) in [5, 5.41) is 10.2. The van der Waals surface area contributed by atoms with Crippen LogP contribution >= 0.6 is 0 Å². The van der Waals surface area contributed by atoms with Gasteiger partial charge in [-0.1, -0.05) is 12.1 Å². The van der Waals surface area contributed by atoms with Gasteiger partial charge in [0, 0.05) is 19.8 Å². The van der Waals surface area contributed by atoms with Crippen LogP contribution in [0.1, 0.15) is 24.3 Å². The number of nitrogens with zero attached hydrogens (tertiary/aromatic N) is 2. The van der Waals surface area contributed by atoms with Gasteiger partial charge in [0.05, 0.1) is 24.4 Å². The molecule has 6 heteroatoms. The van der Waals surface area contributed by atoms with Gasteiger partial charge in [-0.25, -0.2) is 0 Å². The number of carbonyl (C=O) groups is 2. The van der Waals surface area contributed by atoms with Gasteiger partial charge in [0.15, 0.2) is 11.5 Å². The lowest BCUT2D eigenvalue weighted by Crippen LogP contribution is -2.30. The Morgan fingerprint density at radius 3 is 2.44 bits per heavy atom. The van der Waals surface area contributed by atoms with E-state index in [9.17, 15) is 14.7 Å². The van der Waals surface area contributed by atoms with Crippen molar-refractivity contribution >= 4 is 17.4 Å². The standard InChI is InChI=1S/C19H20N2O4/c1-12(22)16-17(13-6-8-14(9-7-13)20(2)3)21(19(24)18(16)23)11-15-5-4-10-25-15/h4-10,17,23H,11H2,1-3H3/t17-/m1/s1. The predicted octanol–water partition coefficient (Wildman–Crippen LogP) is 2.83. The van der Waals surface area contributed by atoms with E-state index in [1.807, 2.05) is 43.3 Å². The third-order valence-electron chi connectivity index (χ3n) is 4.31. The summed E-state index contributed by atoms with van der Waals surface area (Å²) in [5.74, 6) is -0.792. The molecule has 1 aliphatic rings. The normalized spacial score (nSPS) is 17.3. The third kappa shape index (κ3) is 3.03. The van der Waals surface area contributed by atoms with E-state index < -0.39 is 17.7 Å². The Hall–Kier alpha value is -3.02. The second-order valence-electron chi connectivity index (χ2n) is 6.22. The SMILES string of the molecule is CC(=O)C1=C(O)C(=O)N(Cc2ccco2)[C@@H]1c1ccc(N(C)C)cc1. The van der Waals surface area contributed by atoms with Crippen LogP contribution in [0.4, 0.5) is 5.69 Å². The zero-order valence-electron chi connectivity index (χ0n) is 14.4. The molecule has 0 saturated heterocycles. The molecule has 130 valence electrons. The van der Waals surface area contributed by atoms with E-state index >= 15 is 0 Å². The fourth-order valence-corrected chi connectivity index (χ4v) is 3.05. The number of hydrogen-bond donors (Lipinski definition) is 1. The van der Waals surface area contributed by atoms with Crippen molar-refractivity contribution in [1.82, 2.24) is 4.90 Å². The van der Waals surface area contributed by atoms with Gasteiger partial charge in [-0.15, -0.1) is 0 Å². The maximum Gasteiger partial charge on any atom is 0.290 e. The summed E-state index contributed by atoms with van der Waals surface area (Å²) in [6.07, 6.45) is 1.52. The highest BCUT2D eigenvalue weighted by Gasteiger charge is 2.42. The van der Waals surface area contributed by atoms with Crippen LogP contribution in [-0.4, -0.2) is 35.8 Å². The summed E-state index contributed by atoms with van der Waals surface area (Å²) in [6, 6.07) is 10.4. The molecule has 1 aliphatic heterocycles. The van der Waals surface area contributed by atoms with Crippen molar-refractivity contribution in [3.05, 3.63) is 65.3 Å². The second-order valence-corrected chi connectivity index (χ2v) is 6.22. The molecule has 2 aromatic rings. The highest BCUT2D eigenvalue weighted by Crippen LogP contribution is 2.39. The number of rotatable bonds is 5. The smallest absolute Gasteiger partial charge is 0.290 e. The zero-order valence-corrected chi connectivity index (χ0v) is 14.4. The Bertz CT molecular complexity index is 820. The van der Waals surface area contributed by atoms with Crippen LogP contribution in [0.3, 0.4) is 0 Å². The summed E-state index contributed by atoms with van der Waals surface area (Å²) >= 11 is 0. The number of carbonyl (C=O) groups excluding carboxylic acids is 2. The minimum Gasteiger partial charge on any atom is -0.503 e. The Kier molecular flexibility index (Phi) is 4.35. The van der Waals surface area contributed by atoms with Gasteiger partial charge in [-0.2, -0.15) is 0 Å². The van der Waals surface area contributed by atoms with Crippen molar-refractivity contribution in [3.8, 4) is 0 Å². The van der Waals surface area contributed by atoms with E-state index in [1.54, 1.807) is 12.1 Å². The summed E-state index contributed by atoms with van der Waals surface area (Å²) in [7, 11) is 3.87. The number of furan rings is 1. The summed E-state index contributed by atoms with van der Waals surface area (Å²) in [4.78, 5) is 28.0. The molecule has 0 saturated carbocycles. The monoisotopic (exact) mass is 340 g/mol. The van der Waals surface area contributed by atoms with Gasteiger partial charge in [-0.3, -0.25) is 9.59 Å². The first-order chi connectivity index (χ1) is 11.9. The fourth-order valence-electron chi connectivity index (χ4n) is 3.05. The Balaban J connectivity index is 2.02. The lowest BCUT2D eigenvalue weighted by atomic mass is 9.96. The number of aliphatic hydroxyl groups excluding tert-OH is 1. The topological polar surface area (TPSA) is 74.0 Å². The van der Waals surface area contributed by atoms with Gasteiger partial charge in [-0.05, 0) is 36.8 Å². The van der Waals surface area contributed by atoms with E-state index in [1.165, 1.54) is 18.1 Å². The van der Waals surface area contributed by atoms with E-state index in [2.05, 4.69) is 0 Å². The molecule has 1 aromatic heterocycles. The van der Waals surface area contributed by atoms with Crippen LogP contribution in [-0.2, 0) is 16.1 Å². The van der Waals surface area contributed by atoms with Crippen molar-refractivity contribution in [2.24, 2.45) is 0 Å². The van der Waals surface area contributed by atoms with E-state index in [-0.39, 0.29) is 17.9 Å². The van der Waals surface area contributed by atoms with Crippen molar-refractivity contribution in [1.29, 1.82) is 0 Å². The van der Waals surface area contributed by atoms with Crippen LogP contribution in [0.15, 0.2) is 58.4 Å². The first-order valence-electron chi connectivity index (χ1n) is 7.95. The van der Waals surface area contributed by atoms with E-state index in [4.69, 9.17) is 4.42 Å². The average Bonchev–Trinajstić information content (AvgIpc) is 3.17. The lowest BCUT2D eigenvalue weighted by Gasteiger charge is -2.26. The molecule has 1 atom stereocenters. The molecule has 3 rings (SSSR count). The van der Waals surface area contributed by atoms with Crippen LogP contribution in [0, 0.1) is 0 Å². The Labute approximate surface area is 146 Å². The number of Topliss-reactive ketones (excluding diaryl/α,β-unsaturated/α-hetero) is 1. The zero-order chi connectivity index (χ0) is 18.1. The lowest BCUT2D eigenvalue weighted by molar-refractivity contribution is -0.130. The average molecular weight is 340 g/mol. The summed E-state index contributed by atoms with van der Waals surface area (Å²) < 4.78 is 5.32. The number of amides is 1. The highest BCUT2D eigenvalue weighted by atomic mass is 16.3. The highest BCUT2D eigenvalue weighted by molar-refractivity contribution is 6.08. The van der Waals surface area contributed by atoms with Gasteiger partial charge < -0.3 is 19.3 Å². The van der Waals surface area contributed by atoms with Gasteiger partial charge in [0.1, 0.15) is 5.76 Å². The summed E-state index contributed by atoms with van der Waals surface area (Å²) in [5.41, 5.74) is 1.89. The molecule has 0 unspecified atom stereocenters. The molecule has 0 bridgehead atoms. The minimum absolute atomic E-state index is 0.120. The molecular weight excluding hydrogens is 320 g/mol. The molecule has 25 heavy (non-hydrogen) atoms. The minimum atomic E-state index is -0.633.